The molecule has 1 N–H and O–H groups in total. The first-order valence-corrected chi connectivity index (χ1v) is 6.15. The molecule has 0 saturated heterocycles. The topological polar surface area (TPSA) is 46.5 Å². The van der Waals surface area contributed by atoms with Crippen molar-refractivity contribution in [3.63, 3.8) is 0 Å². The maximum atomic E-state index is 11.1. The smallest absolute Gasteiger partial charge is 0.339 e. The van der Waals surface area contributed by atoms with Crippen molar-refractivity contribution >= 4 is 17.7 Å². The van der Waals surface area contributed by atoms with Crippen molar-refractivity contribution in [1.29, 1.82) is 0 Å². The molecule has 1 heterocycles. The number of rotatable bonds is 3. The minimum Gasteiger partial charge on any atom is -0.492 e. The molecule has 1 aliphatic heterocycles. The second kappa shape index (κ2) is 4.37. The molecule has 0 bridgehead atoms. The van der Waals surface area contributed by atoms with Crippen molar-refractivity contribution in [3.8, 4) is 5.75 Å². The van der Waals surface area contributed by atoms with Crippen LogP contribution in [0.5, 0.6) is 5.75 Å². The molecule has 0 amide bonds. The molecule has 86 valence electrons. The number of carboxylic acid groups (broad SMARTS) is 1. The lowest BCUT2D eigenvalue weighted by Gasteiger charge is -2.09. The molecule has 0 saturated carbocycles. The Labute approximate surface area is 98.8 Å². The van der Waals surface area contributed by atoms with Gasteiger partial charge >= 0.3 is 5.97 Å². The van der Waals surface area contributed by atoms with Gasteiger partial charge in [0, 0.05) is 16.6 Å². The van der Waals surface area contributed by atoms with E-state index < -0.39 is 5.97 Å². The number of hydrogen-bond donors (Lipinski definition) is 1. The first-order valence-electron chi connectivity index (χ1n) is 5.27. The van der Waals surface area contributed by atoms with Crippen molar-refractivity contribution in [2.24, 2.45) is 0 Å². The van der Waals surface area contributed by atoms with Gasteiger partial charge in [-0.1, -0.05) is 13.8 Å². The van der Waals surface area contributed by atoms with Gasteiger partial charge in [-0.25, -0.2) is 4.79 Å². The number of fused-ring (bicyclic) bond motifs is 1. The molecule has 1 aliphatic rings. The molecule has 0 fully saturated rings. The summed E-state index contributed by atoms with van der Waals surface area (Å²) in [5.74, 6) is -0.357. The number of aromatic carboxylic acids is 1. The number of benzene rings is 1. The normalized spacial score (nSPS) is 13.7. The van der Waals surface area contributed by atoms with Crippen LogP contribution in [0.4, 0.5) is 0 Å². The van der Waals surface area contributed by atoms with Crippen molar-refractivity contribution < 1.29 is 14.6 Å². The Morgan fingerprint density at radius 3 is 2.88 bits per heavy atom. The van der Waals surface area contributed by atoms with Crippen LogP contribution in [0, 0.1) is 0 Å². The molecule has 2 rings (SSSR count). The fourth-order valence-electron chi connectivity index (χ4n) is 1.78. The molecule has 0 aliphatic carbocycles. The third-order valence-corrected chi connectivity index (χ3v) is 3.34. The summed E-state index contributed by atoms with van der Waals surface area (Å²) < 4.78 is 5.36. The van der Waals surface area contributed by atoms with Crippen LogP contribution in [0.1, 0.15) is 29.8 Å². The van der Waals surface area contributed by atoms with Gasteiger partial charge in [-0.15, -0.1) is 11.8 Å². The summed E-state index contributed by atoms with van der Waals surface area (Å²) in [5.41, 5.74) is 1.31. The quantitative estimate of drug-likeness (QED) is 0.822. The van der Waals surface area contributed by atoms with Crippen LogP contribution >= 0.6 is 11.8 Å². The fraction of sp³-hybridized carbons (Fsp3) is 0.417. The van der Waals surface area contributed by atoms with Gasteiger partial charge in [0.05, 0.1) is 6.61 Å². The van der Waals surface area contributed by atoms with Gasteiger partial charge in [0.15, 0.2) is 0 Å². The molecule has 1 aromatic rings. The van der Waals surface area contributed by atoms with Crippen LogP contribution in [0.3, 0.4) is 0 Å². The third-order valence-electron chi connectivity index (χ3n) is 2.36. The number of ether oxygens (including phenoxy) is 1. The van der Waals surface area contributed by atoms with E-state index in [0.29, 0.717) is 17.6 Å². The van der Waals surface area contributed by atoms with Gasteiger partial charge in [0.2, 0.25) is 0 Å². The lowest BCUT2D eigenvalue weighted by atomic mass is 10.1. The van der Waals surface area contributed by atoms with Crippen LogP contribution in [0.25, 0.3) is 0 Å². The Morgan fingerprint density at radius 2 is 2.25 bits per heavy atom. The number of thioether (sulfide) groups is 1. The van der Waals surface area contributed by atoms with Crippen LogP contribution in [0.15, 0.2) is 17.0 Å². The molecule has 16 heavy (non-hydrogen) atoms. The monoisotopic (exact) mass is 238 g/mol. The zero-order valence-corrected chi connectivity index (χ0v) is 10.1. The summed E-state index contributed by atoms with van der Waals surface area (Å²) in [4.78, 5) is 12.1. The molecule has 4 heteroatoms. The Hall–Kier alpha value is -1.16. The zero-order chi connectivity index (χ0) is 11.7. The van der Waals surface area contributed by atoms with Crippen molar-refractivity contribution in [3.05, 3.63) is 23.3 Å². The number of carboxylic acids is 1. The molecule has 0 radical (unpaired) electrons. The molecular formula is C12H14O3S. The Balaban J connectivity index is 2.43. The summed E-state index contributed by atoms with van der Waals surface area (Å²) in [5, 5.41) is 9.56. The molecular weight excluding hydrogens is 224 g/mol. The van der Waals surface area contributed by atoms with Gasteiger partial charge < -0.3 is 9.84 Å². The van der Waals surface area contributed by atoms with Gasteiger partial charge in [0.1, 0.15) is 11.3 Å². The number of carbonyl (C=O) groups is 1. The van der Waals surface area contributed by atoms with E-state index >= 15 is 0 Å². The predicted octanol–water partition coefficient (Wildman–Crippen LogP) is 2.82. The highest BCUT2D eigenvalue weighted by Gasteiger charge is 2.22. The van der Waals surface area contributed by atoms with E-state index in [9.17, 15) is 4.79 Å². The average molecular weight is 238 g/mol. The lowest BCUT2D eigenvalue weighted by molar-refractivity contribution is 0.0693. The summed E-state index contributed by atoms with van der Waals surface area (Å²) in [6.45, 7) is 4.77. The van der Waals surface area contributed by atoms with Gasteiger partial charge in [0.25, 0.3) is 0 Å². The Bertz CT molecular complexity index is 427. The minimum absolute atomic E-state index is 0.290. The van der Waals surface area contributed by atoms with E-state index in [0.717, 1.165) is 16.9 Å². The Morgan fingerprint density at radius 1 is 1.50 bits per heavy atom. The van der Waals surface area contributed by atoms with Gasteiger partial charge in [-0.3, -0.25) is 0 Å². The van der Waals surface area contributed by atoms with Crippen LogP contribution in [-0.2, 0) is 6.42 Å². The maximum Gasteiger partial charge on any atom is 0.339 e. The highest BCUT2D eigenvalue weighted by atomic mass is 32.2. The van der Waals surface area contributed by atoms with Gasteiger partial charge in [-0.2, -0.15) is 0 Å². The van der Waals surface area contributed by atoms with Crippen LogP contribution in [-0.4, -0.2) is 22.9 Å². The van der Waals surface area contributed by atoms with E-state index in [2.05, 4.69) is 13.8 Å². The highest BCUT2D eigenvalue weighted by Crippen LogP contribution is 2.35. The Kier molecular flexibility index (Phi) is 3.10. The third kappa shape index (κ3) is 2.16. The second-order valence-electron chi connectivity index (χ2n) is 4.03. The highest BCUT2D eigenvalue weighted by molar-refractivity contribution is 7.99. The van der Waals surface area contributed by atoms with E-state index in [-0.39, 0.29) is 5.56 Å². The number of hydrogen-bond acceptors (Lipinski definition) is 3. The van der Waals surface area contributed by atoms with Gasteiger partial charge in [-0.05, 0) is 17.7 Å². The molecule has 0 aromatic heterocycles. The summed E-state index contributed by atoms with van der Waals surface area (Å²) in [6.07, 6.45) is 0.808. The first kappa shape index (κ1) is 11.3. The molecule has 0 unspecified atom stereocenters. The van der Waals surface area contributed by atoms with Crippen molar-refractivity contribution in [1.82, 2.24) is 0 Å². The van der Waals surface area contributed by atoms with Crippen LogP contribution in [0.2, 0.25) is 0 Å². The summed E-state index contributed by atoms with van der Waals surface area (Å²) in [7, 11) is 0. The zero-order valence-electron chi connectivity index (χ0n) is 9.32. The molecule has 3 nitrogen and oxygen atoms in total. The van der Waals surface area contributed by atoms with Crippen molar-refractivity contribution in [2.75, 3.05) is 6.61 Å². The summed E-state index contributed by atoms with van der Waals surface area (Å²) >= 11 is 1.68. The summed E-state index contributed by atoms with van der Waals surface area (Å²) in [6, 6.07) is 3.75. The van der Waals surface area contributed by atoms with E-state index in [4.69, 9.17) is 9.84 Å². The molecule has 0 spiro atoms. The van der Waals surface area contributed by atoms with Crippen molar-refractivity contribution in [2.45, 2.75) is 30.4 Å². The maximum absolute atomic E-state index is 11.1. The molecule has 0 atom stereocenters. The second-order valence-corrected chi connectivity index (χ2v) is 5.68. The largest absolute Gasteiger partial charge is 0.492 e. The average Bonchev–Trinajstić information content (AvgIpc) is 2.62. The van der Waals surface area contributed by atoms with E-state index in [1.807, 2.05) is 6.07 Å². The van der Waals surface area contributed by atoms with Crippen LogP contribution < -0.4 is 4.74 Å². The lowest BCUT2D eigenvalue weighted by Crippen LogP contribution is -2.01. The predicted molar refractivity (Wildman–Crippen MR) is 63.6 cm³/mol. The fourth-order valence-corrected chi connectivity index (χ4v) is 2.72. The van der Waals surface area contributed by atoms with E-state index in [1.54, 1.807) is 17.8 Å². The standard InChI is InChI=1S/C12H14O3S/c1-7(2)16-9-5-8-3-4-15-11(8)10(6-9)12(13)14/h5-7H,3-4H2,1-2H3,(H,13,14). The molecule has 1 aromatic carbocycles. The first-order chi connectivity index (χ1) is 7.58. The van der Waals surface area contributed by atoms with E-state index in [1.165, 1.54) is 0 Å². The minimum atomic E-state index is -0.913. The SMILES string of the molecule is CC(C)Sc1cc2c(c(C(=O)O)c1)OCC2.